The first-order chi connectivity index (χ1) is 13.1. The molecule has 4 nitrogen and oxygen atoms in total. The maximum atomic E-state index is 13.0. The molecule has 1 saturated heterocycles. The molecule has 0 spiro atoms. The van der Waals surface area contributed by atoms with Crippen molar-refractivity contribution in [3.8, 4) is 5.75 Å². The summed E-state index contributed by atoms with van der Waals surface area (Å²) < 4.78 is 5.49. The Bertz CT molecular complexity index is 793. The molecule has 1 N–H and O–H groups in total. The molecule has 1 heterocycles. The molecule has 0 bridgehead atoms. The zero-order valence-electron chi connectivity index (χ0n) is 15.7. The van der Waals surface area contributed by atoms with Crippen LogP contribution in [0.3, 0.4) is 0 Å². The summed E-state index contributed by atoms with van der Waals surface area (Å²) >= 11 is 6.02. The molecule has 0 amide bonds. The number of piperidine rings is 1. The minimum Gasteiger partial charge on any atom is -0.491 e. The minimum atomic E-state index is 0.00423. The van der Waals surface area contributed by atoms with Gasteiger partial charge in [-0.05, 0) is 67.8 Å². The molecule has 144 valence electrons. The number of ketones is 1. The molecule has 2 aromatic rings. The van der Waals surface area contributed by atoms with Gasteiger partial charge in [-0.2, -0.15) is 0 Å². The molecule has 1 fully saturated rings. The lowest BCUT2D eigenvalue weighted by Crippen LogP contribution is -2.38. The van der Waals surface area contributed by atoms with Crippen molar-refractivity contribution in [2.24, 2.45) is 5.92 Å². The number of aliphatic hydroxyl groups is 1. The molecule has 1 atom stereocenters. The van der Waals surface area contributed by atoms with E-state index in [0.717, 1.165) is 54.9 Å². The van der Waals surface area contributed by atoms with E-state index in [9.17, 15) is 4.79 Å². The molecule has 5 heteroatoms. The Hall–Kier alpha value is -1.88. The highest BCUT2D eigenvalue weighted by atomic mass is 35.5. The highest BCUT2D eigenvalue weighted by Crippen LogP contribution is 2.25. The predicted octanol–water partition coefficient (Wildman–Crippen LogP) is 4.11. The molecule has 0 saturated carbocycles. The number of aliphatic hydroxyl groups excluding tert-OH is 1. The van der Waals surface area contributed by atoms with Crippen molar-refractivity contribution >= 4 is 17.4 Å². The number of Topliss-reactive ketones (excluding diaryl/α,β-unsaturated/α-hetero) is 1. The fourth-order valence-corrected chi connectivity index (χ4v) is 3.92. The number of rotatable bonds is 7. The molecule has 0 aromatic heterocycles. The van der Waals surface area contributed by atoms with E-state index in [4.69, 9.17) is 21.4 Å². The van der Waals surface area contributed by atoms with Gasteiger partial charge < -0.3 is 9.84 Å². The van der Waals surface area contributed by atoms with Crippen LogP contribution >= 0.6 is 11.6 Å². The molecular weight excluding hydrogens is 362 g/mol. The van der Waals surface area contributed by atoms with Gasteiger partial charge in [-0.3, -0.25) is 9.69 Å². The Kier molecular flexibility index (Phi) is 6.89. The van der Waals surface area contributed by atoms with Crippen molar-refractivity contribution in [3.05, 3.63) is 64.2 Å². The first-order valence-electron chi connectivity index (χ1n) is 9.42. The second kappa shape index (κ2) is 9.36. The molecule has 1 aliphatic heterocycles. The van der Waals surface area contributed by atoms with Crippen molar-refractivity contribution in [2.75, 3.05) is 26.3 Å². The molecule has 27 heavy (non-hydrogen) atoms. The van der Waals surface area contributed by atoms with E-state index in [1.165, 1.54) is 0 Å². The quantitative estimate of drug-likeness (QED) is 0.726. The number of carbonyl (C=O) groups excluding carboxylic acids is 1. The lowest BCUT2D eigenvalue weighted by atomic mass is 9.88. The maximum absolute atomic E-state index is 13.0. The summed E-state index contributed by atoms with van der Waals surface area (Å²) in [6.45, 7) is 4.79. The zero-order chi connectivity index (χ0) is 19.2. The second-order valence-electron chi connectivity index (χ2n) is 7.12. The van der Waals surface area contributed by atoms with Crippen LogP contribution in [0, 0.1) is 12.8 Å². The number of carbonyl (C=O) groups is 1. The van der Waals surface area contributed by atoms with Crippen molar-refractivity contribution in [3.63, 3.8) is 0 Å². The van der Waals surface area contributed by atoms with Gasteiger partial charge in [0.25, 0.3) is 0 Å². The van der Waals surface area contributed by atoms with Crippen LogP contribution in [0.4, 0.5) is 0 Å². The molecule has 1 aliphatic rings. The summed E-state index contributed by atoms with van der Waals surface area (Å²) in [5.74, 6) is 1.00. The number of benzene rings is 2. The number of likely N-dealkylation sites (tertiary alicyclic amines) is 1. The number of ether oxygens (including phenoxy) is 1. The molecule has 2 aromatic carbocycles. The highest BCUT2D eigenvalue weighted by Gasteiger charge is 2.27. The van der Waals surface area contributed by atoms with E-state index in [1.54, 1.807) is 6.07 Å². The standard InChI is InChI=1S/C22H26ClNO3/c1-16-12-19(23)7-8-21(16)22(26)18-5-3-9-24(15-18)14-17-4-2-6-20(13-17)27-11-10-25/h2,4,6-8,12-13,18,25H,3,5,9-11,14-15H2,1H3. The fourth-order valence-electron chi connectivity index (χ4n) is 3.69. The average molecular weight is 388 g/mol. The van der Waals surface area contributed by atoms with Gasteiger partial charge in [-0.25, -0.2) is 0 Å². The Morgan fingerprint density at radius 3 is 2.93 bits per heavy atom. The zero-order valence-corrected chi connectivity index (χ0v) is 16.4. The largest absolute Gasteiger partial charge is 0.491 e. The van der Waals surface area contributed by atoms with Crippen LogP contribution in [0.5, 0.6) is 5.75 Å². The third-order valence-electron chi connectivity index (χ3n) is 4.99. The van der Waals surface area contributed by atoms with Gasteiger partial charge in [0.05, 0.1) is 6.61 Å². The van der Waals surface area contributed by atoms with Gasteiger partial charge in [0.2, 0.25) is 0 Å². The SMILES string of the molecule is Cc1cc(Cl)ccc1C(=O)C1CCCN(Cc2cccc(OCCO)c2)C1. The lowest BCUT2D eigenvalue weighted by Gasteiger charge is -2.32. The predicted molar refractivity (Wildman–Crippen MR) is 108 cm³/mol. The van der Waals surface area contributed by atoms with Crippen LogP contribution in [0.1, 0.15) is 34.3 Å². The van der Waals surface area contributed by atoms with Crippen molar-refractivity contribution < 1.29 is 14.6 Å². The van der Waals surface area contributed by atoms with E-state index in [0.29, 0.717) is 11.6 Å². The van der Waals surface area contributed by atoms with E-state index < -0.39 is 0 Å². The average Bonchev–Trinajstić information content (AvgIpc) is 2.66. The summed E-state index contributed by atoms with van der Waals surface area (Å²) in [7, 11) is 0. The van der Waals surface area contributed by atoms with Crippen molar-refractivity contribution in [1.82, 2.24) is 4.90 Å². The Morgan fingerprint density at radius 2 is 2.15 bits per heavy atom. The Labute approximate surface area is 165 Å². The summed E-state index contributed by atoms with van der Waals surface area (Å²) in [5.41, 5.74) is 2.88. The van der Waals surface area contributed by atoms with E-state index in [-0.39, 0.29) is 18.3 Å². The fraction of sp³-hybridized carbons (Fsp3) is 0.409. The van der Waals surface area contributed by atoms with E-state index in [2.05, 4.69) is 11.0 Å². The van der Waals surface area contributed by atoms with Gasteiger partial charge in [0.1, 0.15) is 12.4 Å². The third-order valence-corrected chi connectivity index (χ3v) is 5.23. The van der Waals surface area contributed by atoms with Gasteiger partial charge in [-0.15, -0.1) is 0 Å². The molecule has 0 aliphatic carbocycles. The van der Waals surface area contributed by atoms with Crippen LogP contribution in [0.15, 0.2) is 42.5 Å². The van der Waals surface area contributed by atoms with Gasteiger partial charge in [0.15, 0.2) is 5.78 Å². The normalized spacial score (nSPS) is 17.7. The van der Waals surface area contributed by atoms with Crippen LogP contribution in [-0.2, 0) is 6.54 Å². The van der Waals surface area contributed by atoms with Crippen LogP contribution in [0.25, 0.3) is 0 Å². The number of halogens is 1. The smallest absolute Gasteiger partial charge is 0.167 e. The first-order valence-corrected chi connectivity index (χ1v) is 9.80. The second-order valence-corrected chi connectivity index (χ2v) is 7.55. The van der Waals surface area contributed by atoms with Crippen LogP contribution in [-0.4, -0.2) is 42.1 Å². The number of aryl methyl sites for hydroxylation is 1. The topological polar surface area (TPSA) is 49.8 Å². The van der Waals surface area contributed by atoms with E-state index in [1.807, 2.05) is 37.3 Å². The Balaban J connectivity index is 1.65. The van der Waals surface area contributed by atoms with E-state index >= 15 is 0 Å². The Morgan fingerprint density at radius 1 is 1.30 bits per heavy atom. The lowest BCUT2D eigenvalue weighted by molar-refractivity contribution is 0.0811. The summed E-state index contributed by atoms with van der Waals surface area (Å²) in [5, 5.41) is 9.56. The molecule has 3 rings (SSSR count). The summed E-state index contributed by atoms with van der Waals surface area (Å²) in [6.07, 6.45) is 1.95. The van der Waals surface area contributed by atoms with Crippen LogP contribution < -0.4 is 4.74 Å². The van der Waals surface area contributed by atoms with Crippen molar-refractivity contribution in [2.45, 2.75) is 26.3 Å². The summed E-state index contributed by atoms with van der Waals surface area (Å²) in [6, 6.07) is 13.4. The van der Waals surface area contributed by atoms with Gasteiger partial charge >= 0.3 is 0 Å². The number of nitrogens with zero attached hydrogens (tertiary/aromatic N) is 1. The molecular formula is C22H26ClNO3. The van der Waals surface area contributed by atoms with Crippen LogP contribution in [0.2, 0.25) is 5.02 Å². The summed E-state index contributed by atoms with van der Waals surface area (Å²) in [4.78, 5) is 15.3. The van der Waals surface area contributed by atoms with Gasteiger partial charge in [0, 0.05) is 29.6 Å². The highest BCUT2D eigenvalue weighted by molar-refractivity contribution is 6.30. The minimum absolute atomic E-state index is 0.00423. The first kappa shape index (κ1) is 19.9. The third kappa shape index (κ3) is 5.32. The molecule has 1 unspecified atom stereocenters. The van der Waals surface area contributed by atoms with Gasteiger partial charge in [-0.1, -0.05) is 23.7 Å². The van der Waals surface area contributed by atoms with Crippen molar-refractivity contribution in [1.29, 1.82) is 0 Å². The number of hydrogen-bond acceptors (Lipinski definition) is 4. The monoisotopic (exact) mass is 387 g/mol. The molecule has 0 radical (unpaired) electrons. The number of hydrogen-bond donors (Lipinski definition) is 1. The maximum Gasteiger partial charge on any atom is 0.167 e.